The molecule has 1 unspecified atom stereocenters. The number of hydrogen-bond acceptors (Lipinski definition) is 0. The van der Waals surface area contributed by atoms with Crippen molar-refractivity contribution in [1.82, 2.24) is 0 Å². The molecule has 3 aliphatic rings. The number of hydrogen-bond donors (Lipinski definition) is 0. The third kappa shape index (κ3) is 3.71. The largest absolute Gasteiger partial charge is 1.00 e. The van der Waals surface area contributed by atoms with E-state index in [-0.39, 0.29) is 24.8 Å². The summed E-state index contributed by atoms with van der Waals surface area (Å²) in [5.41, 5.74) is 7.80. The summed E-state index contributed by atoms with van der Waals surface area (Å²) in [5, 5.41) is 0. The van der Waals surface area contributed by atoms with Crippen LogP contribution in [0.4, 0.5) is 0 Å². The van der Waals surface area contributed by atoms with Crippen LogP contribution in [0.1, 0.15) is 58.8 Å². The molecule has 0 aromatic heterocycles. The maximum atomic E-state index is 2.49. The maximum Gasteiger partial charge on any atom is -1.00 e. The van der Waals surface area contributed by atoms with Gasteiger partial charge >= 0.3 is 165 Å². The van der Waals surface area contributed by atoms with E-state index in [0.29, 0.717) is 3.63 Å². The standard InChI is InChI=1S/C14H11.C6H10.C5H5.2ClH.Zr/c1-10-5-4-7-12-9-11-6-2-3-8-13(11)14(10)12;1-2-4-6-5-3-1;1-2-4-5-3-1;;;/h2-9H,1H3;1-5H2;1-3H,4H2;2*1H;/q;;;;;+2/p-2. The van der Waals surface area contributed by atoms with E-state index in [0.717, 1.165) is 0 Å². The molecule has 2 aromatic rings. The molecular weight excluding hydrogens is 462 g/mol. The second-order valence-electron chi connectivity index (χ2n) is 7.96. The van der Waals surface area contributed by atoms with Gasteiger partial charge in [0.1, 0.15) is 0 Å². The minimum atomic E-state index is -1.94. The van der Waals surface area contributed by atoms with E-state index in [2.05, 4.69) is 67.6 Å². The quantitative estimate of drug-likeness (QED) is 0.583. The van der Waals surface area contributed by atoms with Crippen LogP contribution in [0.3, 0.4) is 0 Å². The van der Waals surface area contributed by atoms with E-state index >= 15 is 0 Å². The number of allylic oxidation sites excluding steroid dienone is 4. The third-order valence-electron chi connectivity index (χ3n) is 6.40. The molecule has 0 radical (unpaired) electrons. The molecule has 5 rings (SSSR count). The monoisotopic (exact) mass is 486 g/mol. The van der Waals surface area contributed by atoms with E-state index in [9.17, 15) is 0 Å². The molecule has 28 heavy (non-hydrogen) atoms. The number of rotatable bonds is 2. The zero-order valence-electron chi connectivity index (χ0n) is 16.3. The second kappa shape index (κ2) is 9.38. The van der Waals surface area contributed by atoms with Crippen LogP contribution in [0.2, 0.25) is 0 Å². The molecule has 3 aliphatic carbocycles. The Morgan fingerprint density at radius 2 is 1.61 bits per heavy atom. The average molecular weight is 489 g/mol. The van der Waals surface area contributed by atoms with Gasteiger partial charge in [-0.2, -0.15) is 0 Å². The van der Waals surface area contributed by atoms with Crippen molar-refractivity contribution >= 4 is 3.21 Å². The maximum absolute atomic E-state index is 2.49. The molecule has 1 atom stereocenters. The molecule has 0 heterocycles. The summed E-state index contributed by atoms with van der Waals surface area (Å²) in [6, 6.07) is 16.3. The first kappa shape index (κ1) is 21.9. The zero-order chi connectivity index (χ0) is 17.5. The van der Waals surface area contributed by atoms with Crippen LogP contribution in [0.5, 0.6) is 0 Å². The first-order valence-electron chi connectivity index (χ1n) is 10.1. The smallest absolute Gasteiger partial charge is 1.00 e. The van der Waals surface area contributed by atoms with Gasteiger partial charge in [0.2, 0.25) is 0 Å². The second-order valence-corrected chi connectivity index (χ2v) is 14.7. The Morgan fingerprint density at radius 1 is 0.857 bits per heavy atom. The third-order valence-corrected chi connectivity index (χ3v) is 15.1. The summed E-state index contributed by atoms with van der Waals surface area (Å²) in [6.07, 6.45) is 15.5. The Labute approximate surface area is 189 Å². The number of benzene rings is 2. The van der Waals surface area contributed by atoms with Gasteiger partial charge < -0.3 is 24.8 Å². The SMILES string of the molecule is Cc1cccc2c1-c1ccccc1[CH]2[Zr+2]([C]1=CC=CC1)=[C]1CCCCC1.[Cl-].[Cl-]. The van der Waals surface area contributed by atoms with Crippen LogP contribution < -0.4 is 24.8 Å². The van der Waals surface area contributed by atoms with Crippen LogP contribution in [-0.2, 0) is 21.3 Å². The van der Waals surface area contributed by atoms with Crippen LogP contribution >= 0.6 is 0 Å². The molecule has 2 aromatic carbocycles. The summed E-state index contributed by atoms with van der Waals surface area (Å²) < 4.78 is 4.53. The molecule has 1 saturated carbocycles. The molecule has 0 N–H and O–H groups in total. The average Bonchev–Trinajstić information content (AvgIpc) is 3.31. The molecular formula is C25H26Cl2Zr. The van der Waals surface area contributed by atoms with Crippen molar-refractivity contribution in [3.05, 3.63) is 80.7 Å². The number of halogens is 2. The number of fused-ring (bicyclic) bond motifs is 3. The van der Waals surface area contributed by atoms with Crippen molar-refractivity contribution in [2.45, 2.75) is 49.1 Å². The van der Waals surface area contributed by atoms with Gasteiger partial charge in [-0.25, -0.2) is 0 Å². The van der Waals surface area contributed by atoms with Crippen LogP contribution in [0.25, 0.3) is 11.1 Å². The Morgan fingerprint density at radius 3 is 2.36 bits per heavy atom. The van der Waals surface area contributed by atoms with Gasteiger partial charge in [-0.3, -0.25) is 0 Å². The predicted octanol–water partition coefficient (Wildman–Crippen LogP) is 0.671. The van der Waals surface area contributed by atoms with E-state index in [4.69, 9.17) is 0 Å². The van der Waals surface area contributed by atoms with Crippen molar-refractivity contribution in [3.8, 4) is 11.1 Å². The Hall–Kier alpha value is -0.747. The summed E-state index contributed by atoms with van der Waals surface area (Å²) in [4.78, 5) is 0. The predicted molar refractivity (Wildman–Crippen MR) is 108 cm³/mol. The van der Waals surface area contributed by atoms with Gasteiger partial charge in [-0.05, 0) is 0 Å². The fraction of sp³-hybridized carbons (Fsp3) is 0.320. The molecule has 3 heteroatoms. The van der Waals surface area contributed by atoms with Gasteiger partial charge in [-0.15, -0.1) is 0 Å². The zero-order valence-corrected chi connectivity index (χ0v) is 20.3. The fourth-order valence-corrected chi connectivity index (χ4v) is 14.7. The van der Waals surface area contributed by atoms with Gasteiger partial charge in [-0.1, -0.05) is 0 Å². The first-order chi connectivity index (χ1) is 12.8. The normalized spacial score (nSPS) is 18.9. The van der Waals surface area contributed by atoms with Gasteiger partial charge in [0, 0.05) is 0 Å². The summed E-state index contributed by atoms with van der Waals surface area (Å²) >= 11 is -1.94. The molecule has 1 fully saturated rings. The Bertz CT molecular complexity index is 960. The van der Waals surface area contributed by atoms with E-state index < -0.39 is 21.3 Å². The van der Waals surface area contributed by atoms with Crippen molar-refractivity contribution in [2.24, 2.45) is 0 Å². The van der Waals surface area contributed by atoms with Crippen LogP contribution in [0, 0.1) is 6.92 Å². The summed E-state index contributed by atoms with van der Waals surface area (Å²) in [7, 11) is 0. The molecule has 144 valence electrons. The molecule has 0 amide bonds. The molecule has 0 aliphatic heterocycles. The topological polar surface area (TPSA) is 0 Å². The minimum Gasteiger partial charge on any atom is -1.00 e. The van der Waals surface area contributed by atoms with Gasteiger partial charge in [0.15, 0.2) is 0 Å². The molecule has 0 saturated heterocycles. The van der Waals surface area contributed by atoms with Crippen molar-refractivity contribution in [3.63, 3.8) is 0 Å². The van der Waals surface area contributed by atoms with Crippen LogP contribution in [-0.4, -0.2) is 3.21 Å². The molecule has 0 nitrogen and oxygen atoms in total. The first-order valence-corrected chi connectivity index (χ1v) is 14.0. The Kier molecular flexibility index (Phi) is 7.35. The van der Waals surface area contributed by atoms with E-state index in [1.165, 1.54) is 49.7 Å². The van der Waals surface area contributed by atoms with Gasteiger partial charge in [0.05, 0.1) is 0 Å². The van der Waals surface area contributed by atoms with Crippen molar-refractivity contribution in [1.29, 1.82) is 0 Å². The molecule has 0 spiro atoms. The van der Waals surface area contributed by atoms with E-state index in [1.54, 1.807) is 16.7 Å². The summed E-state index contributed by atoms with van der Waals surface area (Å²) in [5.74, 6) is 0. The summed E-state index contributed by atoms with van der Waals surface area (Å²) in [6.45, 7) is 2.30. The van der Waals surface area contributed by atoms with E-state index in [1.807, 2.05) is 6.49 Å². The van der Waals surface area contributed by atoms with Crippen molar-refractivity contribution in [2.75, 3.05) is 0 Å². The number of aryl methyl sites for hydroxylation is 1. The Balaban J connectivity index is 0.00000112. The van der Waals surface area contributed by atoms with Crippen LogP contribution in [0.15, 0.2) is 64.0 Å². The molecule has 0 bridgehead atoms. The van der Waals surface area contributed by atoms with Crippen molar-refractivity contribution < 1.29 is 46.1 Å². The minimum absolute atomic E-state index is 0. The van der Waals surface area contributed by atoms with Gasteiger partial charge in [0.25, 0.3) is 0 Å². The fourth-order valence-electron chi connectivity index (χ4n) is 5.27.